The zero-order valence-corrected chi connectivity index (χ0v) is 14.8. The number of phenolic OH excluding ortho intramolecular Hbond substituents is 1. The second-order valence-electron chi connectivity index (χ2n) is 6.25. The van der Waals surface area contributed by atoms with Crippen LogP contribution >= 0.6 is 11.6 Å². The van der Waals surface area contributed by atoms with E-state index in [2.05, 4.69) is 5.32 Å². The Kier molecular flexibility index (Phi) is 5.86. The van der Waals surface area contributed by atoms with E-state index in [1.165, 1.54) is 7.11 Å². The van der Waals surface area contributed by atoms with Gasteiger partial charge in [-0.2, -0.15) is 0 Å². The monoisotopic (exact) mass is 347 g/mol. The Morgan fingerprint density at radius 3 is 2.29 bits per heavy atom. The average molecular weight is 348 g/mol. The summed E-state index contributed by atoms with van der Waals surface area (Å²) < 4.78 is 4.97. The molecule has 1 atom stereocenters. The van der Waals surface area contributed by atoms with Crippen LogP contribution in [0.3, 0.4) is 0 Å². The maximum absolute atomic E-state index is 12.2. The number of methoxy groups -OCH3 is 1. The molecule has 0 fully saturated rings. The van der Waals surface area contributed by atoms with Crippen LogP contribution in [0.1, 0.15) is 31.0 Å². The molecule has 0 aliphatic carbocycles. The largest absolute Gasteiger partial charge is 0.508 e. The van der Waals surface area contributed by atoms with E-state index in [9.17, 15) is 9.90 Å². The third-order valence-corrected chi connectivity index (χ3v) is 4.34. The van der Waals surface area contributed by atoms with Crippen molar-refractivity contribution in [1.29, 1.82) is 0 Å². The second-order valence-corrected chi connectivity index (χ2v) is 6.68. The summed E-state index contributed by atoms with van der Waals surface area (Å²) in [4.78, 5) is 12.2. The van der Waals surface area contributed by atoms with Gasteiger partial charge in [0.15, 0.2) is 0 Å². The molecule has 2 rings (SSSR count). The van der Waals surface area contributed by atoms with Gasteiger partial charge in [-0.05, 0) is 49.2 Å². The minimum absolute atomic E-state index is 0.225. The molecule has 4 nitrogen and oxygen atoms in total. The molecule has 0 spiro atoms. The Hall–Kier alpha value is -2.04. The maximum atomic E-state index is 12.2. The van der Waals surface area contributed by atoms with E-state index in [0.717, 1.165) is 11.1 Å². The van der Waals surface area contributed by atoms with Gasteiger partial charge in [-0.25, -0.2) is 0 Å². The minimum Gasteiger partial charge on any atom is -0.508 e. The summed E-state index contributed by atoms with van der Waals surface area (Å²) in [6, 6.07) is 14.1. The van der Waals surface area contributed by atoms with Crippen LogP contribution in [-0.2, 0) is 16.1 Å². The van der Waals surface area contributed by atoms with E-state index < -0.39 is 5.41 Å². The number of nitrogens with one attached hydrogen (secondary N) is 1. The van der Waals surface area contributed by atoms with E-state index in [4.69, 9.17) is 16.3 Å². The van der Waals surface area contributed by atoms with Crippen molar-refractivity contribution in [2.75, 3.05) is 7.11 Å². The molecule has 1 unspecified atom stereocenters. The number of hydrogen-bond donors (Lipinski definition) is 2. The third-order valence-electron chi connectivity index (χ3n) is 4.08. The molecule has 0 aromatic heterocycles. The highest BCUT2D eigenvalue weighted by Gasteiger charge is 2.38. The number of carbonyl (C=O) groups excluding carboxylic acids is 1. The van der Waals surface area contributed by atoms with E-state index in [1.807, 2.05) is 38.1 Å². The first-order valence-corrected chi connectivity index (χ1v) is 8.07. The van der Waals surface area contributed by atoms with Crippen LogP contribution in [0.2, 0.25) is 5.02 Å². The predicted octanol–water partition coefficient (Wildman–Crippen LogP) is 4.08. The Labute approximate surface area is 147 Å². The SMILES string of the molecule is COC(=O)C(C)(C)C(NCc1ccc(O)cc1)c1ccc(Cl)cc1. The fraction of sp³-hybridized carbons (Fsp3) is 0.316. The van der Waals surface area contributed by atoms with E-state index in [-0.39, 0.29) is 17.8 Å². The maximum Gasteiger partial charge on any atom is 0.313 e. The van der Waals surface area contributed by atoms with Gasteiger partial charge in [0.1, 0.15) is 5.75 Å². The number of hydrogen-bond acceptors (Lipinski definition) is 4. The molecule has 2 aromatic carbocycles. The van der Waals surface area contributed by atoms with Crippen molar-refractivity contribution >= 4 is 17.6 Å². The van der Waals surface area contributed by atoms with Gasteiger partial charge in [-0.3, -0.25) is 4.79 Å². The van der Waals surface area contributed by atoms with Gasteiger partial charge < -0.3 is 15.2 Å². The second kappa shape index (κ2) is 7.69. The van der Waals surface area contributed by atoms with Crippen LogP contribution in [0.25, 0.3) is 0 Å². The molecule has 0 aliphatic rings. The Bertz CT molecular complexity index is 681. The van der Waals surface area contributed by atoms with Crippen molar-refractivity contribution in [3.05, 3.63) is 64.7 Å². The number of ether oxygens (including phenoxy) is 1. The molecular formula is C19H22ClNO3. The van der Waals surface area contributed by atoms with Crippen molar-refractivity contribution in [3.8, 4) is 5.75 Å². The molecule has 0 amide bonds. The van der Waals surface area contributed by atoms with Crippen LogP contribution in [0.4, 0.5) is 0 Å². The lowest BCUT2D eigenvalue weighted by atomic mass is 9.80. The predicted molar refractivity (Wildman–Crippen MR) is 94.9 cm³/mol. The first-order valence-electron chi connectivity index (χ1n) is 7.69. The molecule has 0 saturated carbocycles. The van der Waals surface area contributed by atoms with E-state index in [1.54, 1.807) is 24.3 Å². The van der Waals surface area contributed by atoms with Crippen LogP contribution in [-0.4, -0.2) is 18.2 Å². The zero-order valence-electron chi connectivity index (χ0n) is 14.0. The van der Waals surface area contributed by atoms with Crippen LogP contribution in [0, 0.1) is 5.41 Å². The standard InChI is InChI=1S/C19H22ClNO3/c1-19(2,18(23)24-3)17(14-6-8-15(20)9-7-14)21-12-13-4-10-16(22)11-5-13/h4-11,17,21-22H,12H2,1-3H3. The van der Waals surface area contributed by atoms with Crippen molar-refractivity contribution in [3.63, 3.8) is 0 Å². The molecule has 24 heavy (non-hydrogen) atoms. The minimum atomic E-state index is -0.764. The molecule has 2 aromatic rings. The normalized spacial score (nSPS) is 12.7. The molecule has 2 N–H and O–H groups in total. The molecule has 5 heteroatoms. The molecule has 0 bridgehead atoms. The molecule has 0 aliphatic heterocycles. The van der Waals surface area contributed by atoms with Gasteiger partial charge in [0.2, 0.25) is 0 Å². The average Bonchev–Trinajstić information content (AvgIpc) is 2.57. The van der Waals surface area contributed by atoms with E-state index >= 15 is 0 Å². The lowest BCUT2D eigenvalue weighted by Crippen LogP contribution is -2.40. The lowest BCUT2D eigenvalue weighted by molar-refractivity contribution is -0.152. The number of carbonyl (C=O) groups is 1. The molecule has 128 valence electrons. The first-order chi connectivity index (χ1) is 11.3. The van der Waals surface area contributed by atoms with Crippen molar-refractivity contribution in [2.45, 2.75) is 26.4 Å². The number of esters is 1. The molecule has 0 saturated heterocycles. The summed E-state index contributed by atoms with van der Waals surface area (Å²) in [7, 11) is 1.39. The number of aromatic hydroxyl groups is 1. The summed E-state index contributed by atoms with van der Waals surface area (Å²) in [6.07, 6.45) is 0. The number of halogens is 1. The van der Waals surface area contributed by atoms with Crippen LogP contribution in [0.5, 0.6) is 5.75 Å². The highest BCUT2D eigenvalue weighted by Crippen LogP contribution is 2.35. The molecular weight excluding hydrogens is 326 g/mol. The highest BCUT2D eigenvalue weighted by atomic mass is 35.5. The summed E-state index contributed by atoms with van der Waals surface area (Å²) in [5.74, 6) is -0.0662. The van der Waals surface area contributed by atoms with Crippen molar-refractivity contribution < 1.29 is 14.6 Å². The van der Waals surface area contributed by atoms with Gasteiger partial charge >= 0.3 is 5.97 Å². The Balaban J connectivity index is 2.26. The Morgan fingerprint density at radius 2 is 1.75 bits per heavy atom. The summed E-state index contributed by atoms with van der Waals surface area (Å²) in [6.45, 7) is 4.25. The number of phenols is 1. The summed E-state index contributed by atoms with van der Waals surface area (Å²) in [5.41, 5.74) is 1.19. The topological polar surface area (TPSA) is 58.6 Å². The highest BCUT2D eigenvalue weighted by molar-refractivity contribution is 6.30. The van der Waals surface area contributed by atoms with Gasteiger partial charge in [0, 0.05) is 17.6 Å². The van der Waals surface area contributed by atoms with Gasteiger partial charge in [-0.15, -0.1) is 0 Å². The van der Waals surface area contributed by atoms with Crippen LogP contribution < -0.4 is 5.32 Å². The Morgan fingerprint density at radius 1 is 1.17 bits per heavy atom. The molecule has 0 radical (unpaired) electrons. The fourth-order valence-electron chi connectivity index (χ4n) is 2.66. The number of benzene rings is 2. The lowest BCUT2D eigenvalue weighted by Gasteiger charge is -2.33. The fourth-order valence-corrected chi connectivity index (χ4v) is 2.79. The summed E-state index contributed by atoms with van der Waals surface area (Å²) >= 11 is 5.97. The summed E-state index contributed by atoms with van der Waals surface area (Å²) in [5, 5.41) is 13.4. The smallest absolute Gasteiger partial charge is 0.313 e. The van der Waals surface area contributed by atoms with Crippen molar-refractivity contribution in [1.82, 2.24) is 5.32 Å². The molecule has 0 heterocycles. The third kappa shape index (κ3) is 4.28. The van der Waals surface area contributed by atoms with Gasteiger partial charge in [0.05, 0.1) is 12.5 Å². The van der Waals surface area contributed by atoms with Crippen LogP contribution in [0.15, 0.2) is 48.5 Å². The first kappa shape index (κ1) is 18.3. The zero-order chi connectivity index (χ0) is 17.7. The van der Waals surface area contributed by atoms with Gasteiger partial charge in [0.25, 0.3) is 0 Å². The number of rotatable bonds is 6. The van der Waals surface area contributed by atoms with Crippen molar-refractivity contribution in [2.24, 2.45) is 5.41 Å². The van der Waals surface area contributed by atoms with Gasteiger partial charge in [-0.1, -0.05) is 35.9 Å². The van der Waals surface area contributed by atoms with E-state index in [0.29, 0.717) is 11.6 Å². The quantitative estimate of drug-likeness (QED) is 0.773.